The van der Waals surface area contributed by atoms with Crippen molar-refractivity contribution < 1.29 is 20.0 Å². The largest absolute Gasteiger partial charge is 0.481 e. The van der Waals surface area contributed by atoms with Gasteiger partial charge in [0, 0.05) is 0 Å². The summed E-state index contributed by atoms with van der Waals surface area (Å²) in [7, 11) is 0. The molecule has 0 aromatic heterocycles. The molecule has 6 atom stereocenters. The lowest BCUT2D eigenvalue weighted by Gasteiger charge is -2.49. The predicted octanol–water partition coefficient (Wildman–Crippen LogP) is 3.19. The first-order valence-corrected chi connectivity index (χ1v) is 7.18. The normalized spacial score (nSPS) is 40.6. The van der Waals surface area contributed by atoms with Crippen LogP contribution in [0.4, 0.5) is 0 Å². The lowest BCUT2D eigenvalue weighted by molar-refractivity contribution is -0.295. The Kier molecular flexibility index (Phi) is 4.31. The average Bonchev–Trinajstić information content (AvgIpc) is 2.38. The van der Waals surface area contributed by atoms with Gasteiger partial charge in [-0.25, -0.2) is 4.89 Å². The van der Waals surface area contributed by atoms with Gasteiger partial charge in [0.2, 0.25) is 0 Å². The van der Waals surface area contributed by atoms with E-state index >= 15 is 0 Å². The second kappa shape index (κ2) is 5.63. The van der Waals surface area contributed by atoms with Crippen LogP contribution in [0, 0.1) is 29.6 Å². The monoisotopic (exact) mass is 268 g/mol. The van der Waals surface area contributed by atoms with Gasteiger partial charge in [-0.05, 0) is 48.5 Å². The van der Waals surface area contributed by atoms with Crippen molar-refractivity contribution in [2.45, 2.75) is 45.6 Å². The van der Waals surface area contributed by atoms with E-state index in [1.165, 1.54) is 0 Å². The lowest BCUT2D eigenvalue weighted by atomic mass is 9.57. The molecule has 19 heavy (non-hydrogen) atoms. The van der Waals surface area contributed by atoms with E-state index in [1.54, 1.807) is 6.92 Å². The molecule has 4 nitrogen and oxygen atoms in total. The molecule has 0 amide bonds. The second-order valence-electron chi connectivity index (χ2n) is 6.31. The van der Waals surface area contributed by atoms with Crippen LogP contribution in [0.5, 0.6) is 0 Å². The fourth-order valence-electron chi connectivity index (χ4n) is 4.16. The summed E-state index contributed by atoms with van der Waals surface area (Å²) in [6.07, 6.45) is 3.46. The van der Waals surface area contributed by atoms with Gasteiger partial charge in [-0.2, -0.15) is 0 Å². The van der Waals surface area contributed by atoms with Gasteiger partial charge in [-0.15, -0.1) is 0 Å². The highest BCUT2D eigenvalue weighted by Crippen LogP contribution is 2.50. The predicted molar refractivity (Wildman–Crippen MR) is 71.5 cm³/mol. The minimum Gasteiger partial charge on any atom is -0.481 e. The van der Waals surface area contributed by atoms with E-state index in [4.69, 9.17) is 0 Å². The van der Waals surface area contributed by atoms with E-state index in [9.17, 15) is 15.2 Å². The van der Waals surface area contributed by atoms with Crippen molar-refractivity contribution in [2.24, 2.45) is 29.6 Å². The minimum atomic E-state index is -0.758. The molecule has 2 unspecified atom stereocenters. The summed E-state index contributed by atoms with van der Waals surface area (Å²) in [5.41, 5.74) is 0.903. The Morgan fingerprint density at radius 2 is 2.11 bits per heavy atom. The quantitative estimate of drug-likeness (QED) is 0.468. The number of rotatable bonds is 3. The summed E-state index contributed by atoms with van der Waals surface area (Å²) in [6, 6.07) is 0. The highest BCUT2D eigenvalue weighted by molar-refractivity contribution is 5.70. The topological polar surface area (TPSA) is 66.8 Å². The molecule has 2 N–H and O–H groups in total. The number of carboxylic acids is 1. The van der Waals surface area contributed by atoms with Crippen molar-refractivity contribution in [2.75, 3.05) is 0 Å². The molecule has 0 radical (unpaired) electrons. The van der Waals surface area contributed by atoms with Crippen molar-refractivity contribution in [3.63, 3.8) is 0 Å². The van der Waals surface area contributed by atoms with Gasteiger partial charge >= 0.3 is 5.97 Å². The number of hydrogen-bond acceptors (Lipinski definition) is 3. The molecule has 2 rings (SSSR count). The standard InChI is InChI=1S/C15H24O4/c1-8-4-7-12(10(3)15(16)17)13-11(8)6-5-9(2)14(13)19-18/h8,10-14,18H,2,4-7H2,1,3H3,(H,16,17)/t8-,10-,11+,12?,13+,14?/m1/s1. The Bertz CT molecular complexity index is 365. The molecular formula is C15H24O4. The zero-order chi connectivity index (χ0) is 14.2. The van der Waals surface area contributed by atoms with Crippen molar-refractivity contribution in [3.05, 3.63) is 12.2 Å². The van der Waals surface area contributed by atoms with Gasteiger partial charge in [0.1, 0.15) is 6.10 Å². The number of carbonyl (C=O) groups is 1. The number of aliphatic carboxylic acids is 1. The number of hydrogen-bond donors (Lipinski definition) is 2. The molecular weight excluding hydrogens is 244 g/mol. The Hall–Kier alpha value is -0.870. The van der Waals surface area contributed by atoms with Crippen LogP contribution in [0.15, 0.2) is 12.2 Å². The van der Waals surface area contributed by atoms with Crippen LogP contribution in [0.25, 0.3) is 0 Å². The van der Waals surface area contributed by atoms with Crippen LogP contribution in [-0.4, -0.2) is 22.4 Å². The van der Waals surface area contributed by atoms with Crippen LogP contribution < -0.4 is 0 Å². The molecule has 4 heteroatoms. The average molecular weight is 268 g/mol. The van der Waals surface area contributed by atoms with E-state index in [-0.39, 0.29) is 11.8 Å². The molecule has 2 fully saturated rings. The van der Waals surface area contributed by atoms with Gasteiger partial charge in [0.25, 0.3) is 0 Å². The smallest absolute Gasteiger partial charge is 0.306 e. The lowest BCUT2D eigenvalue weighted by Crippen LogP contribution is -2.48. The van der Waals surface area contributed by atoms with Gasteiger partial charge in [-0.3, -0.25) is 10.1 Å². The first-order valence-electron chi connectivity index (χ1n) is 7.18. The van der Waals surface area contributed by atoms with E-state index in [0.717, 1.165) is 31.3 Å². The maximum absolute atomic E-state index is 11.3. The number of fused-ring (bicyclic) bond motifs is 1. The van der Waals surface area contributed by atoms with Crippen LogP contribution in [0.3, 0.4) is 0 Å². The fraction of sp³-hybridized carbons (Fsp3) is 0.800. The van der Waals surface area contributed by atoms with E-state index < -0.39 is 18.0 Å². The van der Waals surface area contributed by atoms with Gasteiger partial charge in [0.05, 0.1) is 5.92 Å². The van der Waals surface area contributed by atoms with Gasteiger partial charge in [-0.1, -0.05) is 26.8 Å². The molecule has 108 valence electrons. The van der Waals surface area contributed by atoms with E-state index in [0.29, 0.717) is 11.8 Å². The highest BCUT2D eigenvalue weighted by Gasteiger charge is 2.48. The zero-order valence-electron chi connectivity index (χ0n) is 11.7. The van der Waals surface area contributed by atoms with E-state index in [2.05, 4.69) is 18.4 Å². The summed E-state index contributed by atoms with van der Waals surface area (Å²) in [6.45, 7) is 7.98. The first-order chi connectivity index (χ1) is 8.97. The zero-order valence-corrected chi connectivity index (χ0v) is 11.7. The van der Waals surface area contributed by atoms with Crippen LogP contribution in [0.1, 0.15) is 39.5 Å². The third kappa shape index (κ3) is 2.56. The molecule has 2 aliphatic carbocycles. The maximum atomic E-state index is 11.3. The third-order valence-corrected chi connectivity index (χ3v) is 5.37. The number of carboxylic acid groups (broad SMARTS) is 1. The van der Waals surface area contributed by atoms with Crippen molar-refractivity contribution in [3.8, 4) is 0 Å². The summed E-state index contributed by atoms with van der Waals surface area (Å²) in [4.78, 5) is 16.0. The molecule has 0 heterocycles. The Morgan fingerprint density at radius 3 is 2.68 bits per heavy atom. The van der Waals surface area contributed by atoms with Crippen LogP contribution in [0.2, 0.25) is 0 Å². The summed E-state index contributed by atoms with van der Waals surface area (Å²) in [5.74, 6) is -0.0140. The molecule has 0 aliphatic heterocycles. The van der Waals surface area contributed by atoms with Crippen LogP contribution in [-0.2, 0) is 9.68 Å². The molecule has 0 saturated heterocycles. The molecule has 0 bridgehead atoms. The van der Waals surface area contributed by atoms with Gasteiger partial charge < -0.3 is 5.11 Å². The molecule has 2 saturated carbocycles. The fourth-order valence-corrected chi connectivity index (χ4v) is 4.16. The third-order valence-electron chi connectivity index (χ3n) is 5.37. The summed E-state index contributed by atoms with van der Waals surface area (Å²) < 4.78 is 0. The van der Waals surface area contributed by atoms with Crippen molar-refractivity contribution in [1.82, 2.24) is 0 Å². The summed E-state index contributed by atoms with van der Waals surface area (Å²) >= 11 is 0. The summed E-state index contributed by atoms with van der Waals surface area (Å²) in [5, 5.41) is 18.5. The molecule has 2 aliphatic rings. The second-order valence-corrected chi connectivity index (χ2v) is 6.31. The highest BCUT2D eigenvalue weighted by atomic mass is 17.1. The Balaban J connectivity index is 2.29. The Morgan fingerprint density at radius 1 is 1.42 bits per heavy atom. The van der Waals surface area contributed by atoms with Crippen molar-refractivity contribution >= 4 is 5.97 Å². The van der Waals surface area contributed by atoms with Gasteiger partial charge in [0.15, 0.2) is 0 Å². The molecule has 0 aromatic rings. The molecule has 0 aromatic carbocycles. The first kappa shape index (κ1) is 14.5. The SMILES string of the molecule is C=C1CC[C@@H]2[C@H](C1OO)C([C@@H](C)C(=O)O)CC[C@H]2C. The Labute approximate surface area is 114 Å². The maximum Gasteiger partial charge on any atom is 0.306 e. The van der Waals surface area contributed by atoms with E-state index in [1.807, 2.05) is 0 Å². The molecule has 0 spiro atoms. The minimum absolute atomic E-state index is 0.0629. The van der Waals surface area contributed by atoms with Crippen molar-refractivity contribution in [1.29, 1.82) is 0 Å². The van der Waals surface area contributed by atoms with Crippen LogP contribution >= 0.6 is 0 Å².